The number of nitrogens with one attached hydrogen (secondary N) is 1. The number of carbonyl (C=O) groups excluding carboxylic acids is 1. The second kappa shape index (κ2) is 11.6. The van der Waals surface area contributed by atoms with Crippen LogP contribution in [0.5, 0.6) is 5.75 Å². The van der Waals surface area contributed by atoms with E-state index >= 15 is 0 Å². The fraction of sp³-hybridized carbons (Fsp3) is 0.385. The molecule has 3 atom stereocenters. The molecular formula is C26H25Cl2F3N4O5. The van der Waals surface area contributed by atoms with Crippen LogP contribution in [0.25, 0.3) is 5.69 Å². The van der Waals surface area contributed by atoms with Crippen LogP contribution in [0, 0.1) is 5.92 Å². The molecule has 0 bridgehead atoms. The van der Waals surface area contributed by atoms with Gasteiger partial charge in [0.25, 0.3) is 0 Å². The number of aliphatic carboxylic acids is 1. The molecule has 9 nitrogen and oxygen atoms in total. The number of hydrogen-bond acceptors (Lipinski definition) is 6. The maximum Gasteiger partial charge on any atom is 0.452 e. The number of alkyl halides is 3. The van der Waals surface area contributed by atoms with Gasteiger partial charge in [-0.05, 0) is 36.6 Å². The first-order valence-electron chi connectivity index (χ1n) is 12.1. The van der Waals surface area contributed by atoms with Gasteiger partial charge in [0.05, 0.1) is 24.2 Å². The minimum absolute atomic E-state index is 0.0201. The minimum Gasteiger partial charge on any atom is -0.495 e. The van der Waals surface area contributed by atoms with Crippen molar-refractivity contribution >= 4 is 35.1 Å². The molecule has 14 heteroatoms. The van der Waals surface area contributed by atoms with Crippen LogP contribution in [0.15, 0.2) is 36.4 Å². The molecule has 0 spiro atoms. The van der Waals surface area contributed by atoms with Gasteiger partial charge < -0.3 is 19.9 Å². The van der Waals surface area contributed by atoms with Crippen LogP contribution in [0.3, 0.4) is 0 Å². The van der Waals surface area contributed by atoms with Gasteiger partial charge in [0.1, 0.15) is 24.0 Å². The number of fused-ring (bicyclic) bond motifs is 3. The summed E-state index contributed by atoms with van der Waals surface area (Å²) in [5.41, 5.74) is 0.567. The van der Waals surface area contributed by atoms with E-state index in [0.717, 1.165) is 4.57 Å². The molecule has 1 amide bonds. The normalized spacial score (nSPS) is 17.5. The van der Waals surface area contributed by atoms with Crippen molar-refractivity contribution < 1.29 is 37.3 Å². The standard InChI is InChI=1S/C26H25Cl2F3N4O5/c1-12(2)9-16(24(37)38)32-20(36)11-19-23-33-34-25(26(29,30)31)35(23)17-8-7-13(27)10-15(17)22(40-19)14-5-4-6-18(39-3)21(14)28/h4-8,10,12,16,19,22H,9,11H2,1-3H3,(H,32,36)(H,37,38)/t16-,19+,22+/m0/s1. The van der Waals surface area contributed by atoms with Gasteiger partial charge in [-0.1, -0.05) is 49.2 Å². The highest BCUT2D eigenvalue weighted by Gasteiger charge is 2.44. The summed E-state index contributed by atoms with van der Waals surface area (Å²) >= 11 is 12.9. The number of hydrogen-bond donors (Lipinski definition) is 2. The van der Waals surface area contributed by atoms with Gasteiger partial charge in [-0.3, -0.25) is 9.36 Å². The molecule has 1 aliphatic rings. The van der Waals surface area contributed by atoms with Gasteiger partial charge in [-0.15, -0.1) is 10.2 Å². The van der Waals surface area contributed by atoms with E-state index in [0.29, 0.717) is 11.3 Å². The van der Waals surface area contributed by atoms with E-state index in [4.69, 9.17) is 32.7 Å². The summed E-state index contributed by atoms with van der Waals surface area (Å²) in [6.07, 6.45) is -7.84. The van der Waals surface area contributed by atoms with E-state index in [1.54, 1.807) is 32.0 Å². The molecule has 2 N–H and O–H groups in total. The van der Waals surface area contributed by atoms with E-state index in [1.165, 1.54) is 25.3 Å². The molecule has 214 valence electrons. The summed E-state index contributed by atoms with van der Waals surface area (Å²) in [5, 5.41) is 19.5. The van der Waals surface area contributed by atoms with Crippen molar-refractivity contribution in [2.24, 2.45) is 5.92 Å². The molecule has 0 unspecified atom stereocenters. The average Bonchev–Trinajstić information content (AvgIpc) is 3.27. The summed E-state index contributed by atoms with van der Waals surface area (Å²) in [7, 11) is 1.41. The zero-order valence-electron chi connectivity index (χ0n) is 21.5. The van der Waals surface area contributed by atoms with E-state index in [1.807, 2.05) is 0 Å². The molecule has 0 radical (unpaired) electrons. The van der Waals surface area contributed by atoms with Gasteiger partial charge in [-0.25, -0.2) is 4.79 Å². The average molecular weight is 601 g/mol. The summed E-state index contributed by atoms with van der Waals surface area (Å²) in [5.74, 6) is -3.40. The second-order valence-corrected chi connectivity index (χ2v) is 10.4. The lowest BCUT2D eigenvalue weighted by atomic mass is 9.99. The van der Waals surface area contributed by atoms with E-state index in [2.05, 4.69) is 15.5 Å². The van der Waals surface area contributed by atoms with Crippen molar-refractivity contribution in [3.05, 3.63) is 69.2 Å². The highest BCUT2D eigenvalue weighted by molar-refractivity contribution is 6.33. The zero-order valence-corrected chi connectivity index (χ0v) is 23.0. The van der Waals surface area contributed by atoms with Gasteiger partial charge >= 0.3 is 12.1 Å². The Morgan fingerprint density at radius 1 is 1.18 bits per heavy atom. The molecule has 2 aromatic carbocycles. The Morgan fingerprint density at radius 3 is 2.52 bits per heavy atom. The van der Waals surface area contributed by atoms with Crippen molar-refractivity contribution in [3.63, 3.8) is 0 Å². The minimum atomic E-state index is -4.91. The molecule has 2 heterocycles. The third kappa shape index (κ3) is 6.03. The molecule has 4 rings (SSSR count). The van der Waals surface area contributed by atoms with E-state index in [9.17, 15) is 27.9 Å². The smallest absolute Gasteiger partial charge is 0.452 e. The van der Waals surface area contributed by atoms with Crippen LogP contribution in [-0.4, -0.2) is 44.9 Å². The van der Waals surface area contributed by atoms with Crippen LogP contribution in [0.2, 0.25) is 10.0 Å². The van der Waals surface area contributed by atoms with Crippen molar-refractivity contribution in [2.45, 2.75) is 51.1 Å². The fourth-order valence-electron chi connectivity index (χ4n) is 4.55. The summed E-state index contributed by atoms with van der Waals surface area (Å²) in [6.45, 7) is 3.59. The molecular weight excluding hydrogens is 576 g/mol. The van der Waals surface area contributed by atoms with Crippen LogP contribution in [0.1, 0.15) is 61.7 Å². The number of nitrogens with zero attached hydrogens (tertiary/aromatic N) is 3. The topological polar surface area (TPSA) is 116 Å². The predicted octanol–water partition coefficient (Wildman–Crippen LogP) is 5.77. The van der Waals surface area contributed by atoms with Crippen LogP contribution < -0.4 is 10.1 Å². The number of ether oxygens (including phenoxy) is 2. The third-order valence-corrected chi connectivity index (χ3v) is 6.89. The first-order valence-corrected chi connectivity index (χ1v) is 12.9. The highest BCUT2D eigenvalue weighted by atomic mass is 35.5. The lowest BCUT2D eigenvalue weighted by molar-refractivity contribution is -0.146. The quantitative estimate of drug-likeness (QED) is 0.337. The van der Waals surface area contributed by atoms with Crippen molar-refractivity contribution in [2.75, 3.05) is 7.11 Å². The zero-order chi connectivity index (χ0) is 29.4. The number of rotatable bonds is 8. The number of benzene rings is 2. The number of carbonyl (C=O) groups is 2. The number of amides is 1. The Morgan fingerprint density at radius 2 is 1.90 bits per heavy atom. The third-order valence-electron chi connectivity index (χ3n) is 6.25. The number of carboxylic acid groups (broad SMARTS) is 1. The number of aromatic nitrogens is 3. The monoisotopic (exact) mass is 600 g/mol. The molecule has 0 saturated carbocycles. The molecule has 0 aliphatic carbocycles. The first kappa shape index (κ1) is 29.6. The Labute approximate surface area is 237 Å². The molecule has 0 saturated heterocycles. The van der Waals surface area contributed by atoms with Crippen molar-refractivity contribution in [1.82, 2.24) is 20.1 Å². The van der Waals surface area contributed by atoms with Crippen molar-refractivity contribution in [1.29, 1.82) is 0 Å². The Bertz CT molecular complexity index is 1430. The molecule has 1 aromatic heterocycles. The van der Waals surface area contributed by atoms with Gasteiger partial charge in [0.15, 0.2) is 5.82 Å². The molecule has 40 heavy (non-hydrogen) atoms. The number of halogens is 5. The lowest BCUT2D eigenvalue weighted by Gasteiger charge is -2.24. The van der Waals surface area contributed by atoms with Gasteiger partial charge in [0.2, 0.25) is 11.7 Å². The number of methoxy groups -OCH3 is 1. The maximum absolute atomic E-state index is 14.1. The van der Waals surface area contributed by atoms with E-state index in [-0.39, 0.29) is 39.5 Å². The van der Waals surface area contributed by atoms with Crippen LogP contribution in [0.4, 0.5) is 13.2 Å². The van der Waals surface area contributed by atoms with Gasteiger partial charge in [-0.2, -0.15) is 13.2 Å². The molecule has 0 fully saturated rings. The Balaban J connectivity index is 1.87. The van der Waals surface area contributed by atoms with Crippen LogP contribution in [-0.2, 0) is 20.5 Å². The van der Waals surface area contributed by atoms with Gasteiger partial charge in [0, 0.05) is 16.1 Å². The summed E-state index contributed by atoms with van der Waals surface area (Å²) in [6, 6.07) is 7.85. The van der Waals surface area contributed by atoms with E-state index < -0.39 is 48.5 Å². The maximum atomic E-state index is 14.1. The Hall–Kier alpha value is -3.35. The SMILES string of the molecule is COc1cccc([C@H]2O[C@H](CC(=O)N[C@@H](CC(C)C)C(=O)O)c3nnc(C(F)(F)F)n3-c3ccc(Cl)cc32)c1Cl. The second-order valence-electron chi connectivity index (χ2n) is 9.58. The molecule has 3 aromatic rings. The lowest BCUT2D eigenvalue weighted by Crippen LogP contribution is -2.42. The fourth-order valence-corrected chi connectivity index (χ4v) is 5.03. The number of carboxylic acids is 1. The summed E-state index contributed by atoms with van der Waals surface area (Å²) < 4.78 is 54.7. The Kier molecular flexibility index (Phi) is 8.62. The first-order chi connectivity index (χ1) is 18.8. The van der Waals surface area contributed by atoms with Crippen molar-refractivity contribution in [3.8, 4) is 11.4 Å². The summed E-state index contributed by atoms with van der Waals surface area (Å²) in [4.78, 5) is 24.8. The predicted molar refractivity (Wildman–Crippen MR) is 139 cm³/mol. The largest absolute Gasteiger partial charge is 0.495 e. The van der Waals surface area contributed by atoms with Crippen LogP contribution >= 0.6 is 23.2 Å². The highest BCUT2D eigenvalue weighted by Crippen LogP contribution is 2.46. The molecule has 1 aliphatic heterocycles.